The van der Waals surface area contributed by atoms with Crippen LogP contribution in [0.3, 0.4) is 0 Å². The van der Waals surface area contributed by atoms with Crippen LogP contribution in [-0.2, 0) is 47.4 Å². The first-order valence-electron chi connectivity index (χ1n) is 10.2. The monoisotopic (exact) mass is 586 g/mol. The van der Waals surface area contributed by atoms with Crippen LogP contribution in [0.25, 0.3) is 0 Å². The maximum Gasteiger partial charge on any atom is 0.222 e. The molecule has 18 heteroatoms. The van der Waals surface area contributed by atoms with Gasteiger partial charge in [-0.05, 0) is 70.4 Å². The van der Waals surface area contributed by atoms with Crippen LogP contribution in [0.15, 0.2) is 36.4 Å². The maximum absolute atomic E-state index is 10.9. The lowest BCUT2D eigenvalue weighted by Gasteiger charge is -2.12. The smallest absolute Gasteiger partial charge is 0.222 e. The average Bonchev–Trinajstić information content (AvgIpc) is 2.89. The molecule has 2 aromatic carbocycles. The number of carbonyl (C=O) groups excluding carboxylic acids is 1. The maximum atomic E-state index is 10.9. The normalized spacial score (nSPS) is 15.2. The lowest BCUT2D eigenvalue weighted by Crippen LogP contribution is -2.01. The van der Waals surface area contributed by atoms with Gasteiger partial charge in [0.2, 0.25) is 28.4 Å². The molecule has 0 aromatic heterocycles. The molecule has 166 valence electrons. The fraction of sp³-hybridized carbons (Fsp3) is 0.0714. The van der Waals surface area contributed by atoms with E-state index in [0.29, 0.717) is 40.4 Å². The molecule has 0 spiro atoms. The van der Waals surface area contributed by atoms with Crippen molar-refractivity contribution in [1.82, 2.24) is 0 Å². The van der Waals surface area contributed by atoms with Crippen LogP contribution in [0.1, 0.15) is 15.9 Å². The highest BCUT2D eigenvalue weighted by Crippen LogP contribution is 2.27. The van der Waals surface area contributed by atoms with Gasteiger partial charge in [-0.3, -0.25) is 4.79 Å². The molecule has 0 heterocycles. The predicted molar refractivity (Wildman–Crippen MR) is 158 cm³/mol. The molecule has 1 N–H and O–H groups in total. The van der Waals surface area contributed by atoms with Gasteiger partial charge in [-0.25, -0.2) is 0 Å². The van der Waals surface area contributed by atoms with E-state index < -0.39 is 40.8 Å². The van der Waals surface area contributed by atoms with Gasteiger partial charge in [-0.15, -0.1) is 0 Å². The molecule has 4 unspecified atom stereocenters. The number of rotatable bonds is 14. The van der Waals surface area contributed by atoms with Crippen LogP contribution >= 0.6 is 32.1 Å². The molecule has 0 fully saturated rings. The van der Waals surface area contributed by atoms with E-state index >= 15 is 0 Å². The summed E-state index contributed by atoms with van der Waals surface area (Å²) >= 11 is 0. The molecule has 0 aliphatic heterocycles. The Morgan fingerprint density at radius 1 is 0.812 bits per heavy atom. The zero-order chi connectivity index (χ0) is 27.1. The molecule has 6 nitrogen and oxygen atoms in total. The van der Waals surface area contributed by atoms with Gasteiger partial charge in [0.05, 0.1) is 12.2 Å². The van der Waals surface area contributed by atoms with Crippen LogP contribution in [0, 0.1) is 0 Å². The van der Waals surface area contributed by atoms with E-state index in [1.165, 1.54) is 6.07 Å². The summed E-state index contributed by atoms with van der Waals surface area (Å²) in [4.78, 5) is 10.9. The van der Waals surface area contributed by atoms with Gasteiger partial charge in [0.25, 0.3) is 0 Å². The van der Waals surface area contributed by atoms with Gasteiger partial charge in [-0.2, -0.15) is 0 Å². The number of carbonyl (C=O) groups is 1. The number of benzene rings is 2. The molecule has 0 amide bonds. The first kappa shape index (κ1) is 23.9. The van der Waals surface area contributed by atoms with Crippen molar-refractivity contribution in [2.24, 2.45) is 0 Å². The second kappa shape index (κ2) is 15.9. The van der Waals surface area contributed by atoms with Crippen molar-refractivity contribution >= 4 is 108 Å². The van der Waals surface area contributed by atoms with Crippen molar-refractivity contribution in [3.8, 4) is 23.0 Å². The number of aliphatic hydroxyl groups is 1. The molecular formula is C14H18B4O6P4S4. The van der Waals surface area contributed by atoms with E-state index in [9.17, 15) is 9.90 Å². The topological polar surface area (TPSA) is 74.2 Å². The summed E-state index contributed by atoms with van der Waals surface area (Å²) in [5.41, 5.74) is 0.965. The molecule has 2 rings (SSSR count). The minimum absolute atomic E-state index is 0.165. The highest BCUT2D eigenvalue weighted by molar-refractivity contribution is 8.29. The van der Waals surface area contributed by atoms with Crippen molar-refractivity contribution in [2.75, 3.05) is 0 Å². The average molecular weight is 586 g/mol. The number of hydrogen-bond donors (Lipinski definition) is 1. The summed E-state index contributed by atoms with van der Waals surface area (Å²) in [7, 11) is 13.9. The highest BCUT2D eigenvalue weighted by atomic mass is 32.5. The standard InChI is InChI=1S/C7H10B2O3P2S2.C7H8B2O3P2S2/c2*8-15(13)11-6-2-1-5(4-10)7(3-6)12-16(9)14/h1-3,8-10,13-14H,4H2;1-4,8-9,13-14H/i2*8T,9T. The zero-order valence-electron chi connectivity index (χ0n) is 20.2. The molecule has 4 radical (unpaired) electrons. The third-order valence-electron chi connectivity index (χ3n) is 3.05. The molecule has 4 atom stereocenters. The van der Waals surface area contributed by atoms with E-state index in [4.69, 9.17) is 22.1 Å². The van der Waals surface area contributed by atoms with Crippen LogP contribution in [0.2, 0.25) is 0 Å². The van der Waals surface area contributed by atoms with Gasteiger partial charge < -0.3 is 21.8 Å². The molecule has 0 bridgehead atoms. The van der Waals surface area contributed by atoms with Crippen molar-refractivity contribution < 1.29 is 26.6 Å². The zero-order valence-corrected chi connectivity index (χ0v) is 23.4. The lowest BCUT2D eigenvalue weighted by molar-refractivity contribution is 0.112. The number of aliphatic hydroxyl groups excluding tert-OH is 1. The van der Waals surface area contributed by atoms with Crippen molar-refractivity contribution in [1.29, 1.82) is 5.34 Å². The summed E-state index contributed by atoms with van der Waals surface area (Å²) < 4.78 is 49.7. The van der Waals surface area contributed by atoms with E-state index in [1.807, 2.05) is 0 Å². The third kappa shape index (κ3) is 12.0. The lowest BCUT2D eigenvalue weighted by atomic mass is 10.2. The van der Waals surface area contributed by atoms with Gasteiger partial charge in [0.15, 0.2) is 6.29 Å². The van der Waals surface area contributed by atoms with Crippen LogP contribution in [-0.4, -0.2) is 45.1 Å². The first-order chi connectivity index (χ1) is 17.2. The fourth-order valence-electron chi connectivity index (χ4n) is 1.93. The first-order valence-corrected chi connectivity index (χ1v) is 17.7. The fourth-order valence-corrected chi connectivity index (χ4v) is 4.36. The van der Waals surface area contributed by atoms with Crippen LogP contribution < -0.4 is 16.7 Å². The minimum atomic E-state index is -0.885. The summed E-state index contributed by atoms with van der Waals surface area (Å²) in [6, 6.07) is 9.66. The Morgan fingerprint density at radius 2 is 1.28 bits per heavy atom. The number of hydrogen-bond acceptors (Lipinski definition) is 6. The highest BCUT2D eigenvalue weighted by Gasteiger charge is 2.07. The van der Waals surface area contributed by atoms with Crippen molar-refractivity contribution in [2.45, 2.75) is 6.61 Å². The SMILES string of the molecule is [3H][B]S(=P)Oc1ccc(C=O)c(OS(=P)[B][3H])c1.[3H][B]S(=P)Oc1ccc(CO)c(OS(=P)[B][3H])c1. The summed E-state index contributed by atoms with van der Waals surface area (Å²) in [5.74, 6) is 1.73. The van der Waals surface area contributed by atoms with Gasteiger partial charge in [0, 0.05) is 17.7 Å². The van der Waals surface area contributed by atoms with Crippen molar-refractivity contribution in [3.63, 3.8) is 0 Å². The molecule has 0 aliphatic carbocycles. The largest absolute Gasteiger partial charge is 0.442 e. The summed E-state index contributed by atoms with van der Waals surface area (Å²) in [5, 5.41) is 9.19. The second-order valence-electron chi connectivity index (χ2n) is 5.27. The van der Waals surface area contributed by atoms with E-state index in [2.05, 4.69) is 32.1 Å². The summed E-state index contributed by atoms with van der Waals surface area (Å²) in [6.45, 7) is -0.165. The van der Waals surface area contributed by atoms with Gasteiger partial charge >= 0.3 is 0 Å². The molecule has 2 aromatic rings. The Balaban J connectivity index is 0.000000360. The van der Waals surface area contributed by atoms with Crippen LogP contribution in [0.4, 0.5) is 0 Å². The Kier molecular flexibility index (Phi) is 11.9. The number of aldehydes is 1. The van der Waals surface area contributed by atoms with Crippen LogP contribution in [0.5, 0.6) is 23.0 Å². The molecular weight excluding hydrogens is 560 g/mol. The van der Waals surface area contributed by atoms with Crippen molar-refractivity contribution in [3.05, 3.63) is 47.5 Å². The van der Waals surface area contributed by atoms with E-state index in [-0.39, 0.29) is 6.61 Å². The van der Waals surface area contributed by atoms with E-state index in [0.717, 1.165) is 28.4 Å². The molecule has 0 saturated carbocycles. The Labute approximate surface area is 215 Å². The third-order valence-corrected chi connectivity index (χ3v) is 5.51. The predicted octanol–water partition coefficient (Wildman–Crippen LogP) is 1.82. The Bertz CT molecular complexity index is 1130. The van der Waals surface area contributed by atoms with Gasteiger partial charge in [-0.1, -0.05) is 32.1 Å². The molecule has 0 saturated heterocycles. The molecule has 0 aliphatic rings. The Hall–Kier alpha value is 0.130. The van der Waals surface area contributed by atoms with E-state index in [1.54, 1.807) is 30.3 Å². The molecule has 32 heavy (non-hydrogen) atoms. The summed E-state index contributed by atoms with van der Waals surface area (Å²) in [6.07, 6.45) is 0.663. The Morgan fingerprint density at radius 3 is 1.78 bits per heavy atom. The quantitative estimate of drug-likeness (QED) is 0.207. The second-order valence-corrected chi connectivity index (χ2v) is 13.1. The van der Waals surface area contributed by atoms with Gasteiger partial charge in [0.1, 0.15) is 23.0 Å². The minimum Gasteiger partial charge on any atom is -0.442 e.